The van der Waals surface area contributed by atoms with Gasteiger partial charge in [0.15, 0.2) is 0 Å². The van der Waals surface area contributed by atoms with Gasteiger partial charge in [-0.2, -0.15) is 0 Å². The standard InChI is InChI=1S/C8H15NO5/c1-4(11)9-2-5-7(12)8(13)6(3-10)14-5/h5-8,10,12-13H,2-3H2,1H3,(H,9,11). The Balaban J connectivity index is 2.44. The molecule has 1 aliphatic heterocycles. The average molecular weight is 205 g/mol. The van der Waals surface area contributed by atoms with E-state index < -0.39 is 24.4 Å². The second kappa shape index (κ2) is 4.70. The second-order valence-corrected chi connectivity index (χ2v) is 3.31. The maximum atomic E-state index is 10.6. The molecule has 1 fully saturated rings. The molecule has 6 nitrogen and oxygen atoms in total. The molecule has 1 heterocycles. The molecular weight excluding hydrogens is 190 g/mol. The number of aliphatic hydroxyl groups excluding tert-OH is 3. The molecule has 0 aromatic rings. The largest absolute Gasteiger partial charge is 0.394 e. The van der Waals surface area contributed by atoms with Crippen molar-refractivity contribution >= 4 is 5.91 Å². The van der Waals surface area contributed by atoms with E-state index in [0.717, 1.165) is 0 Å². The van der Waals surface area contributed by atoms with E-state index in [9.17, 15) is 15.0 Å². The smallest absolute Gasteiger partial charge is 0.216 e. The first kappa shape index (κ1) is 11.4. The molecule has 1 aliphatic rings. The monoisotopic (exact) mass is 205 g/mol. The number of nitrogens with one attached hydrogen (secondary N) is 1. The van der Waals surface area contributed by atoms with Crippen molar-refractivity contribution in [1.29, 1.82) is 0 Å². The summed E-state index contributed by atoms with van der Waals surface area (Å²) in [5.41, 5.74) is 0. The van der Waals surface area contributed by atoms with Crippen LogP contribution in [0.2, 0.25) is 0 Å². The zero-order chi connectivity index (χ0) is 10.7. The number of carbonyl (C=O) groups excluding carboxylic acids is 1. The number of rotatable bonds is 3. The number of amides is 1. The van der Waals surface area contributed by atoms with Crippen molar-refractivity contribution in [3.63, 3.8) is 0 Å². The van der Waals surface area contributed by atoms with Gasteiger partial charge in [-0.3, -0.25) is 4.79 Å². The van der Waals surface area contributed by atoms with Crippen molar-refractivity contribution in [2.45, 2.75) is 31.3 Å². The van der Waals surface area contributed by atoms with Crippen molar-refractivity contribution in [3.8, 4) is 0 Å². The molecule has 0 saturated carbocycles. The summed E-state index contributed by atoms with van der Waals surface area (Å²) >= 11 is 0. The molecule has 0 aromatic carbocycles. The van der Waals surface area contributed by atoms with E-state index in [1.807, 2.05) is 0 Å². The van der Waals surface area contributed by atoms with Crippen LogP contribution in [0.25, 0.3) is 0 Å². The Morgan fingerprint density at radius 2 is 1.93 bits per heavy atom. The predicted octanol–water partition coefficient (Wildman–Crippen LogP) is -2.40. The summed E-state index contributed by atoms with van der Waals surface area (Å²) in [5, 5.41) is 30.0. The lowest BCUT2D eigenvalue weighted by atomic mass is 10.1. The first-order valence-electron chi connectivity index (χ1n) is 4.43. The van der Waals surface area contributed by atoms with Crippen LogP contribution in [-0.2, 0) is 9.53 Å². The summed E-state index contributed by atoms with van der Waals surface area (Å²) < 4.78 is 5.12. The highest BCUT2D eigenvalue weighted by Gasteiger charge is 2.41. The van der Waals surface area contributed by atoms with Crippen molar-refractivity contribution < 1.29 is 24.9 Å². The van der Waals surface area contributed by atoms with Crippen LogP contribution in [0.15, 0.2) is 0 Å². The van der Waals surface area contributed by atoms with E-state index in [4.69, 9.17) is 9.84 Å². The normalized spacial score (nSPS) is 37.1. The molecule has 0 radical (unpaired) electrons. The first-order valence-corrected chi connectivity index (χ1v) is 4.43. The van der Waals surface area contributed by atoms with E-state index in [-0.39, 0.29) is 19.1 Å². The number of carbonyl (C=O) groups is 1. The molecule has 0 bridgehead atoms. The molecule has 4 atom stereocenters. The third-order valence-electron chi connectivity index (χ3n) is 2.19. The summed E-state index contributed by atoms with van der Waals surface area (Å²) in [4.78, 5) is 10.6. The Labute approximate surface area is 81.5 Å². The van der Waals surface area contributed by atoms with Gasteiger partial charge in [-0.1, -0.05) is 0 Å². The summed E-state index contributed by atoms with van der Waals surface area (Å²) in [7, 11) is 0. The third-order valence-corrected chi connectivity index (χ3v) is 2.19. The maximum Gasteiger partial charge on any atom is 0.216 e. The van der Waals surface area contributed by atoms with Gasteiger partial charge in [0.25, 0.3) is 0 Å². The first-order chi connectivity index (χ1) is 6.56. The maximum absolute atomic E-state index is 10.6. The van der Waals surface area contributed by atoms with Gasteiger partial charge in [0.05, 0.1) is 6.61 Å². The Bertz CT molecular complexity index is 210. The van der Waals surface area contributed by atoms with Gasteiger partial charge >= 0.3 is 0 Å². The van der Waals surface area contributed by atoms with Crippen LogP contribution in [-0.4, -0.2) is 58.8 Å². The zero-order valence-corrected chi connectivity index (χ0v) is 7.88. The Morgan fingerprint density at radius 3 is 2.36 bits per heavy atom. The van der Waals surface area contributed by atoms with E-state index in [2.05, 4.69) is 5.32 Å². The molecule has 0 aromatic heterocycles. The quantitative estimate of drug-likeness (QED) is 0.412. The minimum atomic E-state index is -1.10. The lowest BCUT2D eigenvalue weighted by Gasteiger charge is -2.14. The van der Waals surface area contributed by atoms with Crippen LogP contribution in [0.4, 0.5) is 0 Å². The van der Waals surface area contributed by atoms with Gasteiger partial charge < -0.3 is 25.4 Å². The highest BCUT2D eigenvalue weighted by atomic mass is 16.6. The summed E-state index contributed by atoms with van der Waals surface area (Å²) in [6.45, 7) is 1.13. The highest BCUT2D eigenvalue weighted by molar-refractivity contribution is 5.72. The Kier molecular flexibility index (Phi) is 3.82. The molecule has 1 amide bonds. The zero-order valence-electron chi connectivity index (χ0n) is 7.88. The van der Waals surface area contributed by atoms with Crippen LogP contribution in [0.5, 0.6) is 0 Å². The van der Waals surface area contributed by atoms with Crippen molar-refractivity contribution in [3.05, 3.63) is 0 Å². The second-order valence-electron chi connectivity index (χ2n) is 3.31. The summed E-state index contributed by atoms with van der Waals surface area (Å²) in [6, 6.07) is 0. The van der Waals surface area contributed by atoms with E-state index in [0.29, 0.717) is 0 Å². The molecule has 0 aliphatic carbocycles. The lowest BCUT2D eigenvalue weighted by molar-refractivity contribution is -0.119. The SMILES string of the molecule is CC(=O)NCC1OC(CO)C(O)C1O. The van der Waals surface area contributed by atoms with Gasteiger partial charge in [0, 0.05) is 13.5 Å². The molecule has 6 heteroatoms. The number of aliphatic hydroxyl groups is 3. The molecule has 4 N–H and O–H groups in total. The van der Waals surface area contributed by atoms with Crippen LogP contribution in [0, 0.1) is 0 Å². The van der Waals surface area contributed by atoms with Crippen LogP contribution in [0.1, 0.15) is 6.92 Å². The molecule has 0 spiro atoms. The Morgan fingerprint density at radius 1 is 1.36 bits per heavy atom. The van der Waals surface area contributed by atoms with Crippen LogP contribution in [0.3, 0.4) is 0 Å². The van der Waals surface area contributed by atoms with Crippen LogP contribution < -0.4 is 5.32 Å². The number of ether oxygens (including phenoxy) is 1. The van der Waals surface area contributed by atoms with E-state index >= 15 is 0 Å². The van der Waals surface area contributed by atoms with Gasteiger partial charge in [0.2, 0.25) is 5.91 Å². The predicted molar refractivity (Wildman–Crippen MR) is 46.4 cm³/mol. The lowest BCUT2D eigenvalue weighted by Crippen LogP contribution is -2.39. The van der Waals surface area contributed by atoms with Crippen LogP contribution >= 0.6 is 0 Å². The van der Waals surface area contributed by atoms with Crippen molar-refractivity contribution in [1.82, 2.24) is 5.32 Å². The number of hydrogen-bond acceptors (Lipinski definition) is 5. The molecule has 1 rings (SSSR count). The van der Waals surface area contributed by atoms with Gasteiger partial charge in [-0.05, 0) is 0 Å². The fourth-order valence-corrected chi connectivity index (χ4v) is 1.39. The van der Waals surface area contributed by atoms with Crippen molar-refractivity contribution in [2.24, 2.45) is 0 Å². The summed E-state index contributed by atoms with van der Waals surface area (Å²) in [5.74, 6) is -0.234. The molecule has 82 valence electrons. The highest BCUT2D eigenvalue weighted by Crippen LogP contribution is 2.20. The fourth-order valence-electron chi connectivity index (χ4n) is 1.39. The topological polar surface area (TPSA) is 99.0 Å². The van der Waals surface area contributed by atoms with Gasteiger partial charge in [0.1, 0.15) is 24.4 Å². The number of hydrogen-bond donors (Lipinski definition) is 4. The molecular formula is C8H15NO5. The summed E-state index contributed by atoms with van der Waals surface area (Å²) in [6.07, 6.45) is -3.60. The minimum absolute atomic E-state index is 0.129. The Hall–Kier alpha value is -0.690. The van der Waals surface area contributed by atoms with Gasteiger partial charge in [-0.25, -0.2) is 0 Å². The van der Waals surface area contributed by atoms with Gasteiger partial charge in [-0.15, -0.1) is 0 Å². The molecule has 1 saturated heterocycles. The van der Waals surface area contributed by atoms with E-state index in [1.165, 1.54) is 6.92 Å². The average Bonchev–Trinajstić information content (AvgIpc) is 2.41. The molecule has 4 unspecified atom stereocenters. The third kappa shape index (κ3) is 2.42. The fraction of sp³-hybridized carbons (Fsp3) is 0.875. The van der Waals surface area contributed by atoms with E-state index in [1.54, 1.807) is 0 Å². The molecule has 14 heavy (non-hydrogen) atoms. The minimum Gasteiger partial charge on any atom is -0.394 e. The van der Waals surface area contributed by atoms with Crippen molar-refractivity contribution in [2.75, 3.05) is 13.2 Å².